The van der Waals surface area contributed by atoms with E-state index in [0.717, 1.165) is 42.4 Å². The number of para-hydroxylation sites is 1. The summed E-state index contributed by atoms with van der Waals surface area (Å²) in [6, 6.07) is 11.1. The highest BCUT2D eigenvalue weighted by atomic mass is 32.1. The third kappa shape index (κ3) is 7.60. The number of benzene rings is 2. The number of nitrogens with zero attached hydrogens (tertiary/aromatic N) is 3. The number of nitrogens with one attached hydrogen (secondary N) is 1. The standard InChI is InChI=1S/C31H34F6N4O2S/c1-4-41(3,25-11-7-8-12-25)27-22(16-21-10-6-9-13-26(21)38-27)19-40(28(44)39-29(42)43-5-2)18-20-14-23(30(32,33)34)17-24(15-20)31(35,36)37/h6,9-10,13-17,25H,4-5,7-8,11-12,18-19H2,1-3H3/p+1. The number of quaternary nitrogens is 1. The maximum Gasteiger partial charge on any atom is 0.416 e. The van der Waals surface area contributed by atoms with E-state index in [2.05, 4.69) is 19.3 Å². The van der Waals surface area contributed by atoms with Gasteiger partial charge >= 0.3 is 18.4 Å². The van der Waals surface area contributed by atoms with Gasteiger partial charge in [-0.25, -0.2) is 4.79 Å². The van der Waals surface area contributed by atoms with Crippen LogP contribution in [-0.4, -0.2) is 47.3 Å². The number of ether oxygens (including phenoxy) is 1. The van der Waals surface area contributed by atoms with Gasteiger partial charge in [0, 0.05) is 11.9 Å². The van der Waals surface area contributed by atoms with E-state index in [4.69, 9.17) is 21.9 Å². The maximum atomic E-state index is 13.7. The summed E-state index contributed by atoms with van der Waals surface area (Å²) in [4.78, 5) is 18.7. The summed E-state index contributed by atoms with van der Waals surface area (Å²) in [6.07, 6.45) is -6.76. The highest BCUT2D eigenvalue weighted by molar-refractivity contribution is 7.80. The van der Waals surface area contributed by atoms with Crippen LogP contribution in [0.1, 0.15) is 61.8 Å². The molecule has 1 saturated carbocycles. The Bertz CT molecular complexity index is 1470. The molecule has 2 aromatic carbocycles. The second-order valence-corrected chi connectivity index (χ2v) is 11.5. The third-order valence-electron chi connectivity index (χ3n) is 8.21. The van der Waals surface area contributed by atoms with Gasteiger partial charge in [0.05, 0.1) is 55.0 Å². The van der Waals surface area contributed by atoms with Crippen LogP contribution in [0.25, 0.3) is 10.9 Å². The van der Waals surface area contributed by atoms with E-state index in [1.165, 1.54) is 4.90 Å². The lowest BCUT2D eigenvalue weighted by Crippen LogP contribution is -2.53. The largest absolute Gasteiger partial charge is 0.450 e. The van der Waals surface area contributed by atoms with E-state index in [0.29, 0.717) is 28.7 Å². The lowest BCUT2D eigenvalue weighted by molar-refractivity contribution is -0.143. The first-order chi connectivity index (χ1) is 20.7. The van der Waals surface area contributed by atoms with Gasteiger partial charge in [0.15, 0.2) is 5.11 Å². The topological polar surface area (TPSA) is 54.5 Å². The molecule has 1 aliphatic rings. The quantitative estimate of drug-likeness (QED) is 0.153. The Balaban J connectivity index is 1.84. The number of pyridine rings is 1. The molecule has 0 bridgehead atoms. The van der Waals surface area contributed by atoms with Gasteiger partial charge in [-0.3, -0.25) is 9.80 Å². The van der Waals surface area contributed by atoms with Crippen LogP contribution in [0, 0.1) is 0 Å². The molecule has 0 saturated heterocycles. The van der Waals surface area contributed by atoms with Gasteiger partial charge in [-0.05, 0) is 87.6 Å². The number of alkyl carbamates (subject to hydrolysis) is 1. The highest BCUT2D eigenvalue weighted by Gasteiger charge is 2.40. The number of halogens is 6. The SMILES string of the molecule is CCOC(=O)NC(=S)N(Cc1cc(C(F)(F)F)cc(C(F)(F)F)c1)Cc1cc2ccccc2nc1[N+](C)(CC)C1CCCC1. The van der Waals surface area contributed by atoms with Crippen molar-refractivity contribution in [2.45, 2.75) is 71.0 Å². The summed E-state index contributed by atoms with van der Waals surface area (Å²) >= 11 is 5.49. The first-order valence-electron chi connectivity index (χ1n) is 14.4. The zero-order valence-electron chi connectivity index (χ0n) is 24.7. The number of carbonyl (C=O) groups is 1. The number of hydrogen-bond donors (Lipinski definition) is 1. The number of carbonyl (C=O) groups excluding carboxylic acids is 1. The van der Waals surface area contributed by atoms with E-state index in [9.17, 15) is 31.1 Å². The highest BCUT2D eigenvalue weighted by Crippen LogP contribution is 2.38. The van der Waals surface area contributed by atoms with Crippen molar-refractivity contribution in [1.29, 1.82) is 0 Å². The molecule has 0 aliphatic heterocycles. The first kappa shape index (κ1) is 33.4. The molecule has 0 radical (unpaired) electrons. The molecule has 13 heteroatoms. The molecule has 1 fully saturated rings. The minimum Gasteiger partial charge on any atom is -0.450 e. The lowest BCUT2D eigenvalue weighted by atomic mass is 10.0. The summed E-state index contributed by atoms with van der Waals surface area (Å²) < 4.78 is 87.4. The molecule has 1 atom stereocenters. The zero-order valence-corrected chi connectivity index (χ0v) is 25.5. The number of alkyl halides is 6. The molecular weight excluding hydrogens is 606 g/mol. The number of rotatable bonds is 8. The second-order valence-electron chi connectivity index (χ2n) is 11.1. The van der Waals surface area contributed by atoms with Gasteiger partial charge in [-0.1, -0.05) is 18.2 Å². The number of aromatic nitrogens is 1. The van der Waals surface area contributed by atoms with E-state index in [1.807, 2.05) is 30.3 Å². The van der Waals surface area contributed by atoms with Crippen LogP contribution in [-0.2, 0) is 30.2 Å². The van der Waals surface area contributed by atoms with Crippen LogP contribution >= 0.6 is 12.2 Å². The van der Waals surface area contributed by atoms with Crippen molar-refractivity contribution in [3.05, 3.63) is 70.8 Å². The number of amides is 1. The predicted octanol–water partition coefficient (Wildman–Crippen LogP) is 8.21. The fourth-order valence-electron chi connectivity index (χ4n) is 5.83. The summed E-state index contributed by atoms with van der Waals surface area (Å²) in [5.41, 5.74) is -1.70. The molecule has 1 unspecified atom stereocenters. The van der Waals surface area contributed by atoms with Crippen LogP contribution in [0.4, 0.5) is 37.0 Å². The fraction of sp³-hybridized carbons (Fsp3) is 0.452. The van der Waals surface area contributed by atoms with Gasteiger partial charge in [0.25, 0.3) is 0 Å². The molecule has 3 aromatic rings. The molecule has 44 heavy (non-hydrogen) atoms. The Morgan fingerprint density at radius 1 is 1.00 bits per heavy atom. The molecule has 1 amide bonds. The molecule has 4 rings (SSSR count). The van der Waals surface area contributed by atoms with Gasteiger partial charge in [0.2, 0.25) is 5.82 Å². The van der Waals surface area contributed by atoms with Crippen LogP contribution in [0.5, 0.6) is 0 Å². The monoisotopic (exact) mass is 641 g/mol. The van der Waals surface area contributed by atoms with Gasteiger partial charge in [0.1, 0.15) is 0 Å². The van der Waals surface area contributed by atoms with Crippen molar-refractivity contribution in [1.82, 2.24) is 19.7 Å². The van der Waals surface area contributed by atoms with Crippen LogP contribution in [0.15, 0.2) is 48.5 Å². The second kappa shape index (κ2) is 13.3. The Morgan fingerprint density at radius 2 is 1.61 bits per heavy atom. The van der Waals surface area contributed by atoms with Crippen molar-refractivity contribution in [3.63, 3.8) is 0 Å². The van der Waals surface area contributed by atoms with Crippen molar-refractivity contribution in [2.24, 2.45) is 0 Å². The summed E-state index contributed by atoms with van der Waals surface area (Å²) in [6.45, 7) is 3.88. The van der Waals surface area contributed by atoms with Crippen molar-refractivity contribution in [3.8, 4) is 0 Å². The lowest BCUT2D eigenvalue weighted by Gasteiger charge is -2.39. The molecule has 1 aliphatic carbocycles. The van der Waals surface area contributed by atoms with Gasteiger partial charge in [-0.2, -0.15) is 31.3 Å². The van der Waals surface area contributed by atoms with E-state index < -0.39 is 36.1 Å². The molecule has 1 N–H and O–H groups in total. The molecule has 1 aromatic heterocycles. The van der Waals surface area contributed by atoms with Crippen molar-refractivity contribution >= 4 is 40.1 Å². The Hall–Kier alpha value is -3.45. The Kier molecular flexibility index (Phi) is 10.1. The number of hydrogen-bond acceptors (Lipinski definition) is 4. The molecule has 6 nitrogen and oxygen atoms in total. The van der Waals surface area contributed by atoms with Crippen LogP contribution in [0.3, 0.4) is 0 Å². The zero-order chi connectivity index (χ0) is 32.3. The van der Waals surface area contributed by atoms with Crippen molar-refractivity contribution < 1.29 is 35.9 Å². The normalized spacial score (nSPS) is 15.7. The summed E-state index contributed by atoms with van der Waals surface area (Å²) in [5.74, 6) is 0.738. The van der Waals surface area contributed by atoms with Crippen molar-refractivity contribution in [2.75, 3.05) is 20.2 Å². The molecule has 238 valence electrons. The Morgan fingerprint density at radius 3 is 2.18 bits per heavy atom. The minimum atomic E-state index is -5.01. The van der Waals surface area contributed by atoms with Gasteiger partial charge in [-0.15, -0.1) is 0 Å². The fourth-order valence-corrected chi connectivity index (χ4v) is 6.05. The van der Waals surface area contributed by atoms with Crippen LogP contribution in [0.2, 0.25) is 0 Å². The number of fused-ring (bicyclic) bond motifs is 1. The first-order valence-corrected chi connectivity index (χ1v) is 14.8. The predicted molar refractivity (Wildman–Crippen MR) is 161 cm³/mol. The summed E-state index contributed by atoms with van der Waals surface area (Å²) in [5, 5.41) is 3.00. The van der Waals surface area contributed by atoms with Gasteiger partial charge < -0.3 is 9.64 Å². The van der Waals surface area contributed by atoms with E-state index in [-0.39, 0.29) is 35.9 Å². The summed E-state index contributed by atoms with van der Waals surface area (Å²) in [7, 11) is 2.10. The number of thiocarbonyl (C=S) groups is 1. The Labute approximate surface area is 257 Å². The average Bonchev–Trinajstić information content (AvgIpc) is 3.51. The van der Waals surface area contributed by atoms with E-state index in [1.54, 1.807) is 6.92 Å². The van der Waals surface area contributed by atoms with E-state index >= 15 is 0 Å². The third-order valence-corrected chi connectivity index (χ3v) is 8.57. The molecule has 1 heterocycles. The maximum absolute atomic E-state index is 13.7. The molecular formula is C31H35F6N4O2S+. The minimum absolute atomic E-state index is 0.0312. The smallest absolute Gasteiger partial charge is 0.416 e. The average molecular weight is 642 g/mol. The molecule has 0 spiro atoms. The van der Waals surface area contributed by atoms with Crippen LogP contribution < -0.4 is 9.80 Å².